The molecule has 3 heterocycles. The lowest BCUT2D eigenvalue weighted by Crippen LogP contribution is -2.31. The molecular formula is C16H21N5O2. The van der Waals surface area contributed by atoms with Gasteiger partial charge in [-0.15, -0.1) is 0 Å². The Labute approximate surface area is 134 Å². The summed E-state index contributed by atoms with van der Waals surface area (Å²) in [7, 11) is 1.66. The van der Waals surface area contributed by atoms with E-state index >= 15 is 0 Å². The van der Waals surface area contributed by atoms with Gasteiger partial charge in [-0.3, -0.25) is 5.10 Å². The number of aromatic nitrogens is 5. The molecule has 0 fully saturated rings. The number of hydrogen-bond acceptors (Lipinski definition) is 5. The van der Waals surface area contributed by atoms with Gasteiger partial charge in [0.15, 0.2) is 6.29 Å². The van der Waals surface area contributed by atoms with Crippen molar-refractivity contribution in [2.24, 2.45) is 5.41 Å². The van der Waals surface area contributed by atoms with E-state index in [4.69, 9.17) is 9.47 Å². The van der Waals surface area contributed by atoms with Crippen LogP contribution in [0.5, 0.6) is 0 Å². The van der Waals surface area contributed by atoms with Crippen LogP contribution in [0.1, 0.15) is 20.8 Å². The van der Waals surface area contributed by atoms with Gasteiger partial charge >= 0.3 is 0 Å². The second-order valence-electron chi connectivity index (χ2n) is 6.46. The topological polar surface area (TPSA) is 77.9 Å². The number of hydrogen-bond donors (Lipinski definition) is 1. The highest BCUT2D eigenvalue weighted by molar-refractivity contribution is 5.90. The Morgan fingerprint density at radius 3 is 2.78 bits per heavy atom. The molecule has 0 amide bonds. The van der Waals surface area contributed by atoms with Gasteiger partial charge in [-0.05, 0) is 6.07 Å². The monoisotopic (exact) mass is 315 g/mol. The first kappa shape index (κ1) is 15.6. The van der Waals surface area contributed by atoms with Gasteiger partial charge in [-0.2, -0.15) is 5.10 Å². The number of ether oxygens (including phenoxy) is 2. The second-order valence-corrected chi connectivity index (χ2v) is 6.46. The van der Waals surface area contributed by atoms with Crippen LogP contribution in [0.2, 0.25) is 0 Å². The van der Waals surface area contributed by atoms with E-state index in [-0.39, 0.29) is 11.7 Å². The van der Waals surface area contributed by atoms with Gasteiger partial charge in [-0.25, -0.2) is 9.97 Å². The second kappa shape index (κ2) is 6.10. The minimum atomic E-state index is -0.296. The summed E-state index contributed by atoms with van der Waals surface area (Å²) in [6, 6.07) is 1.99. The van der Waals surface area contributed by atoms with Crippen molar-refractivity contribution in [1.29, 1.82) is 0 Å². The van der Waals surface area contributed by atoms with E-state index in [1.54, 1.807) is 19.6 Å². The molecule has 0 aromatic carbocycles. The number of rotatable bonds is 5. The molecular weight excluding hydrogens is 294 g/mol. The first-order chi connectivity index (χ1) is 11.0. The average Bonchev–Trinajstić information content (AvgIpc) is 3.15. The molecule has 3 aromatic rings. The summed E-state index contributed by atoms with van der Waals surface area (Å²) in [5.41, 5.74) is 2.50. The Morgan fingerprint density at radius 1 is 1.30 bits per heavy atom. The standard InChI is InChI=1S/C16H21N5O2/c1-16(2,3)15(22-4)23-10-21-6-5-12-13(11-7-19-20-8-11)17-9-18-14(12)21/h5-9,15H,10H2,1-4H3,(H,19,20). The summed E-state index contributed by atoms with van der Waals surface area (Å²) in [6.45, 7) is 6.59. The summed E-state index contributed by atoms with van der Waals surface area (Å²) in [4.78, 5) is 8.74. The van der Waals surface area contributed by atoms with Crippen LogP contribution < -0.4 is 0 Å². The number of fused-ring (bicyclic) bond motifs is 1. The molecule has 23 heavy (non-hydrogen) atoms. The van der Waals surface area contributed by atoms with Crippen molar-refractivity contribution < 1.29 is 9.47 Å². The zero-order valence-corrected chi connectivity index (χ0v) is 13.8. The highest BCUT2D eigenvalue weighted by atomic mass is 16.7. The minimum absolute atomic E-state index is 0.103. The van der Waals surface area contributed by atoms with Crippen LogP contribution in [0, 0.1) is 5.41 Å². The molecule has 1 N–H and O–H groups in total. The molecule has 0 saturated heterocycles. The highest BCUT2D eigenvalue weighted by Gasteiger charge is 2.25. The van der Waals surface area contributed by atoms with Gasteiger partial charge in [-0.1, -0.05) is 20.8 Å². The van der Waals surface area contributed by atoms with Crippen molar-refractivity contribution in [2.75, 3.05) is 7.11 Å². The van der Waals surface area contributed by atoms with Gasteiger partial charge in [0.25, 0.3) is 0 Å². The largest absolute Gasteiger partial charge is 0.355 e. The molecule has 0 saturated carbocycles. The first-order valence-corrected chi connectivity index (χ1v) is 7.44. The molecule has 7 heteroatoms. The average molecular weight is 315 g/mol. The van der Waals surface area contributed by atoms with E-state index in [0.717, 1.165) is 22.3 Å². The molecule has 3 rings (SSSR count). The van der Waals surface area contributed by atoms with Crippen molar-refractivity contribution in [3.05, 3.63) is 31.0 Å². The Morgan fingerprint density at radius 2 is 2.13 bits per heavy atom. The molecule has 0 aliphatic carbocycles. The summed E-state index contributed by atoms with van der Waals surface area (Å²) in [6.07, 6.45) is 6.76. The van der Waals surface area contributed by atoms with E-state index in [1.807, 2.05) is 23.0 Å². The number of H-pyrrole nitrogens is 1. The molecule has 3 aromatic heterocycles. The maximum Gasteiger partial charge on any atom is 0.164 e. The predicted octanol–water partition coefficient (Wildman–Crippen LogP) is 2.81. The van der Waals surface area contributed by atoms with Gasteiger partial charge in [0.1, 0.15) is 18.7 Å². The molecule has 1 atom stereocenters. The van der Waals surface area contributed by atoms with Crippen LogP contribution in [-0.2, 0) is 16.2 Å². The molecule has 1 unspecified atom stereocenters. The molecule has 0 spiro atoms. The van der Waals surface area contributed by atoms with Crippen LogP contribution in [-0.4, -0.2) is 38.1 Å². The van der Waals surface area contributed by atoms with E-state index in [0.29, 0.717) is 6.73 Å². The summed E-state index contributed by atoms with van der Waals surface area (Å²) < 4.78 is 13.3. The Hall–Kier alpha value is -2.25. The minimum Gasteiger partial charge on any atom is -0.355 e. The number of methoxy groups -OCH3 is 1. The maximum absolute atomic E-state index is 5.90. The van der Waals surface area contributed by atoms with Crippen LogP contribution in [0.3, 0.4) is 0 Å². The fourth-order valence-corrected chi connectivity index (χ4v) is 2.54. The summed E-state index contributed by atoms with van der Waals surface area (Å²) >= 11 is 0. The lowest BCUT2D eigenvalue weighted by Gasteiger charge is -2.29. The van der Waals surface area contributed by atoms with Crippen LogP contribution in [0.15, 0.2) is 31.0 Å². The predicted molar refractivity (Wildman–Crippen MR) is 86.4 cm³/mol. The van der Waals surface area contributed by atoms with Gasteiger partial charge in [0.05, 0.1) is 11.9 Å². The van der Waals surface area contributed by atoms with Crippen molar-refractivity contribution in [2.45, 2.75) is 33.8 Å². The van der Waals surface area contributed by atoms with Crippen LogP contribution >= 0.6 is 0 Å². The van der Waals surface area contributed by atoms with Crippen molar-refractivity contribution in [3.8, 4) is 11.3 Å². The SMILES string of the molecule is COC(OCn1ccc2c(-c3cn[nH]c3)ncnc21)C(C)(C)C. The summed E-state index contributed by atoms with van der Waals surface area (Å²) in [5, 5.41) is 7.74. The van der Waals surface area contributed by atoms with Gasteiger partial charge in [0, 0.05) is 35.9 Å². The smallest absolute Gasteiger partial charge is 0.164 e. The van der Waals surface area contributed by atoms with Crippen LogP contribution in [0.25, 0.3) is 22.3 Å². The third kappa shape index (κ3) is 3.11. The zero-order valence-electron chi connectivity index (χ0n) is 13.8. The van der Waals surface area contributed by atoms with E-state index < -0.39 is 0 Å². The van der Waals surface area contributed by atoms with E-state index in [9.17, 15) is 0 Å². The fourth-order valence-electron chi connectivity index (χ4n) is 2.54. The fraction of sp³-hybridized carbons (Fsp3) is 0.438. The highest BCUT2D eigenvalue weighted by Crippen LogP contribution is 2.26. The van der Waals surface area contributed by atoms with Gasteiger partial charge < -0.3 is 14.0 Å². The Balaban J connectivity index is 1.88. The molecule has 0 bridgehead atoms. The number of nitrogens with zero attached hydrogens (tertiary/aromatic N) is 4. The Bertz CT molecular complexity index is 773. The Kier molecular flexibility index (Phi) is 4.14. The number of aromatic amines is 1. The number of nitrogens with one attached hydrogen (secondary N) is 1. The molecule has 7 nitrogen and oxygen atoms in total. The molecule has 122 valence electrons. The van der Waals surface area contributed by atoms with Crippen molar-refractivity contribution in [3.63, 3.8) is 0 Å². The van der Waals surface area contributed by atoms with E-state index in [1.165, 1.54) is 0 Å². The van der Waals surface area contributed by atoms with Crippen molar-refractivity contribution in [1.82, 2.24) is 24.7 Å². The normalized spacial score (nSPS) is 13.6. The van der Waals surface area contributed by atoms with Crippen LogP contribution in [0.4, 0.5) is 0 Å². The zero-order chi connectivity index (χ0) is 16.4. The molecule has 0 aliphatic rings. The summed E-state index contributed by atoms with van der Waals surface area (Å²) in [5.74, 6) is 0. The molecule has 0 radical (unpaired) electrons. The third-order valence-corrected chi connectivity index (χ3v) is 3.61. The van der Waals surface area contributed by atoms with Gasteiger partial charge in [0.2, 0.25) is 0 Å². The maximum atomic E-state index is 5.90. The first-order valence-electron chi connectivity index (χ1n) is 7.44. The van der Waals surface area contributed by atoms with Crippen molar-refractivity contribution >= 4 is 11.0 Å². The lowest BCUT2D eigenvalue weighted by molar-refractivity contribution is -0.196. The quantitative estimate of drug-likeness (QED) is 0.733. The molecule has 0 aliphatic heterocycles. The van der Waals surface area contributed by atoms with E-state index in [2.05, 4.69) is 40.9 Å². The third-order valence-electron chi connectivity index (χ3n) is 3.61. The lowest BCUT2D eigenvalue weighted by atomic mass is 9.96.